The number of esters is 1. The highest BCUT2D eigenvalue weighted by atomic mass is 127. The van der Waals surface area contributed by atoms with Crippen LogP contribution in [-0.2, 0) is 9.53 Å². The molecule has 0 saturated carbocycles. The zero-order valence-electron chi connectivity index (χ0n) is 9.92. The largest absolute Gasteiger partial charge is 0.479 e. The van der Waals surface area contributed by atoms with Crippen molar-refractivity contribution in [3.05, 3.63) is 27.6 Å². The number of hydrogen-bond acceptors (Lipinski definition) is 3. The Labute approximate surface area is 113 Å². The third-order valence-corrected chi connectivity index (χ3v) is 2.33. The summed E-state index contributed by atoms with van der Waals surface area (Å²) in [5.41, 5.74) is -0.564. The second kappa shape index (κ2) is 5.66. The van der Waals surface area contributed by atoms with E-state index in [0.29, 0.717) is 0 Å². The zero-order valence-corrected chi connectivity index (χ0v) is 12.1. The Morgan fingerprint density at radius 2 is 2.06 bits per heavy atom. The fraction of sp³-hybridized carbons (Fsp3) is 0.417. The molecule has 0 aromatic heterocycles. The number of hydrogen-bond donors (Lipinski definition) is 0. The number of benzene rings is 1. The highest BCUT2D eigenvalue weighted by molar-refractivity contribution is 14.1. The van der Waals surface area contributed by atoms with Crippen LogP contribution in [0, 0.1) is 9.39 Å². The molecular weight excluding hydrogens is 338 g/mol. The van der Waals surface area contributed by atoms with Crippen LogP contribution in [0.4, 0.5) is 4.39 Å². The van der Waals surface area contributed by atoms with E-state index in [0.717, 1.165) is 3.57 Å². The first-order valence-electron chi connectivity index (χ1n) is 5.07. The van der Waals surface area contributed by atoms with Crippen LogP contribution < -0.4 is 4.74 Å². The van der Waals surface area contributed by atoms with Gasteiger partial charge in [-0.1, -0.05) is 0 Å². The summed E-state index contributed by atoms with van der Waals surface area (Å²) in [7, 11) is 0. The lowest BCUT2D eigenvalue weighted by molar-refractivity contribution is -0.157. The summed E-state index contributed by atoms with van der Waals surface area (Å²) in [4.78, 5) is 11.3. The van der Waals surface area contributed by atoms with Crippen molar-refractivity contribution in [2.75, 3.05) is 6.61 Å². The van der Waals surface area contributed by atoms with Gasteiger partial charge in [-0.05, 0) is 61.6 Å². The van der Waals surface area contributed by atoms with Crippen LogP contribution in [0.25, 0.3) is 0 Å². The number of carbonyl (C=O) groups is 1. The molecule has 0 N–H and O–H groups in total. The Hall–Kier alpha value is -0.850. The highest BCUT2D eigenvalue weighted by Gasteiger charge is 2.17. The molecule has 0 amide bonds. The summed E-state index contributed by atoms with van der Waals surface area (Å²) in [6.45, 7) is 4.98. The quantitative estimate of drug-likeness (QED) is 0.619. The van der Waals surface area contributed by atoms with E-state index in [1.165, 1.54) is 12.1 Å². The van der Waals surface area contributed by atoms with E-state index >= 15 is 0 Å². The number of carbonyl (C=O) groups excluding carboxylic acids is 1. The highest BCUT2D eigenvalue weighted by Crippen LogP contribution is 2.19. The number of halogens is 2. The minimum absolute atomic E-state index is 0.0521. The molecule has 0 aliphatic heterocycles. The lowest BCUT2D eigenvalue weighted by Crippen LogP contribution is -2.27. The van der Waals surface area contributed by atoms with Gasteiger partial charge < -0.3 is 9.47 Å². The lowest BCUT2D eigenvalue weighted by Gasteiger charge is -2.19. The van der Waals surface area contributed by atoms with Crippen molar-refractivity contribution in [1.82, 2.24) is 0 Å². The van der Waals surface area contributed by atoms with Gasteiger partial charge in [-0.3, -0.25) is 0 Å². The first-order chi connectivity index (χ1) is 7.78. The topological polar surface area (TPSA) is 35.5 Å². The predicted molar refractivity (Wildman–Crippen MR) is 70.5 cm³/mol. The van der Waals surface area contributed by atoms with E-state index in [1.54, 1.807) is 26.8 Å². The van der Waals surface area contributed by atoms with Gasteiger partial charge in [0.15, 0.2) is 18.2 Å². The van der Waals surface area contributed by atoms with E-state index in [1.807, 2.05) is 22.6 Å². The van der Waals surface area contributed by atoms with Crippen molar-refractivity contribution in [2.24, 2.45) is 0 Å². The maximum Gasteiger partial charge on any atom is 0.344 e. The molecule has 5 heteroatoms. The van der Waals surface area contributed by atoms with Gasteiger partial charge in [0.2, 0.25) is 0 Å². The Morgan fingerprint density at radius 1 is 1.41 bits per heavy atom. The van der Waals surface area contributed by atoms with Crippen LogP contribution in [0.3, 0.4) is 0 Å². The van der Waals surface area contributed by atoms with E-state index in [4.69, 9.17) is 9.47 Å². The molecule has 0 bridgehead atoms. The summed E-state index contributed by atoms with van der Waals surface area (Å²) in [5.74, 6) is -0.952. The van der Waals surface area contributed by atoms with Gasteiger partial charge in [0.25, 0.3) is 0 Å². The first-order valence-corrected chi connectivity index (χ1v) is 6.15. The van der Waals surface area contributed by atoms with Gasteiger partial charge in [-0.25, -0.2) is 9.18 Å². The molecule has 1 rings (SSSR count). The zero-order chi connectivity index (χ0) is 13.1. The lowest BCUT2D eigenvalue weighted by atomic mass is 10.2. The number of ether oxygens (including phenoxy) is 2. The van der Waals surface area contributed by atoms with Crippen molar-refractivity contribution in [1.29, 1.82) is 0 Å². The third-order valence-electron chi connectivity index (χ3n) is 1.66. The summed E-state index contributed by atoms with van der Waals surface area (Å²) in [5, 5.41) is 0. The van der Waals surface area contributed by atoms with Crippen LogP contribution >= 0.6 is 22.6 Å². The maximum atomic E-state index is 13.4. The molecular formula is C12H14FIO3. The molecule has 94 valence electrons. The van der Waals surface area contributed by atoms with Crippen molar-refractivity contribution in [2.45, 2.75) is 26.4 Å². The van der Waals surface area contributed by atoms with Crippen molar-refractivity contribution < 1.29 is 18.7 Å². The van der Waals surface area contributed by atoms with Crippen LogP contribution in [0.2, 0.25) is 0 Å². The van der Waals surface area contributed by atoms with Crippen LogP contribution in [-0.4, -0.2) is 18.2 Å². The monoisotopic (exact) mass is 352 g/mol. The van der Waals surface area contributed by atoms with Gasteiger partial charge >= 0.3 is 5.97 Å². The van der Waals surface area contributed by atoms with Gasteiger partial charge in [-0.15, -0.1) is 0 Å². The molecule has 0 spiro atoms. The molecule has 3 nitrogen and oxygen atoms in total. The van der Waals surface area contributed by atoms with E-state index in [9.17, 15) is 9.18 Å². The fourth-order valence-corrected chi connectivity index (χ4v) is 1.55. The second-order valence-electron chi connectivity index (χ2n) is 4.45. The molecule has 1 aromatic carbocycles. The van der Waals surface area contributed by atoms with Crippen LogP contribution in [0.15, 0.2) is 18.2 Å². The minimum Gasteiger partial charge on any atom is -0.479 e. The Kier molecular flexibility index (Phi) is 4.73. The molecule has 0 radical (unpaired) electrons. The van der Waals surface area contributed by atoms with Gasteiger partial charge in [0, 0.05) is 3.57 Å². The molecule has 17 heavy (non-hydrogen) atoms. The standard InChI is InChI=1S/C12H14FIO3/c1-12(2,3)17-11(15)7-16-10-5-4-8(14)6-9(10)13/h4-6H,7H2,1-3H3. The predicted octanol–water partition coefficient (Wildman–Crippen LogP) is 3.15. The molecule has 0 aliphatic rings. The molecule has 1 aromatic rings. The van der Waals surface area contributed by atoms with Gasteiger partial charge in [-0.2, -0.15) is 0 Å². The second-order valence-corrected chi connectivity index (χ2v) is 5.70. The average molecular weight is 352 g/mol. The van der Waals surface area contributed by atoms with E-state index < -0.39 is 17.4 Å². The van der Waals surface area contributed by atoms with Crippen molar-refractivity contribution in [3.8, 4) is 5.75 Å². The third kappa shape index (κ3) is 5.34. The van der Waals surface area contributed by atoms with E-state index in [2.05, 4.69) is 0 Å². The van der Waals surface area contributed by atoms with Gasteiger partial charge in [0.05, 0.1) is 0 Å². The molecule has 0 aliphatic carbocycles. The van der Waals surface area contributed by atoms with Crippen LogP contribution in [0.1, 0.15) is 20.8 Å². The van der Waals surface area contributed by atoms with Crippen molar-refractivity contribution in [3.63, 3.8) is 0 Å². The molecule has 0 fully saturated rings. The van der Waals surface area contributed by atoms with E-state index in [-0.39, 0.29) is 12.4 Å². The maximum absolute atomic E-state index is 13.4. The minimum atomic E-state index is -0.564. The summed E-state index contributed by atoms with van der Waals surface area (Å²) < 4.78 is 24.2. The normalized spacial score (nSPS) is 11.1. The number of rotatable bonds is 3. The molecule has 0 atom stereocenters. The summed E-state index contributed by atoms with van der Waals surface area (Å²) >= 11 is 1.99. The van der Waals surface area contributed by atoms with Gasteiger partial charge in [0.1, 0.15) is 5.60 Å². The fourth-order valence-electron chi connectivity index (χ4n) is 1.10. The Morgan fingerprint density at radius 3 is 2.59 bits per heavy atom. The average Bonchev–Trinajstić information content (AvgIpc) is 2.13. The molecule has 0 unspecified atom stereocenters. The van der Waals surface area contributed by atoms with Crippen LogP contribution in [0.5, 0.6) is 5.75 Å². The summed E-state index contributed by atoms with van der Waals surface area (Å²) in [6, 6.07) is 4.53. The Bertz CT molecular complexity index is 413. The van der Waals surface area contributed by atoms with Crippen molar-refractivity contribution >= 4 is 28.6 Å². The Balaban J connectivity index is 2.53. The first kappa shape index (κ1) is 14.2. The molecule has 0 saturated heterocycles. The summed E-state index contributed by atoms with van der Waals surface area (Å²) in [6.07, 6.45) is 0. The SMILES string of the molecule is CC(C)(C)OC(=O)COc1ccc(I)cc1F. The molecule has 0 heterocycles. The smallest absolute Gasteiger partial charge is 0.344 e.